The fourth-order valence-electron chi connectivity index (χ4n) is 1.53. The van der Waals surface area contributed by atoms with Crippen molar-refractivity contribution in [3.8, 4) is 5.69 Å². The lowest BCUT2D eigenvalue weighted by molar-refractivity contribution is 0.268. The average Bonchev–Trinajstić information content (AvgIpc) is 2.65. The molecule has 5 heteroatoms. The van der Waals surface area contributed by atoms with Gasteiger partial charge in [-0.05, 0) is 35.9 Å². The third kappa shape index (κ3) is 1.73. The first-order valence-electron chi connectivity index (χ1n) is 4.68. The monoisotopic (exact) mass is 204 g/mol. The standard InChI is InChI=1S/C10H12N4O/c1-7-3-4-9(8(2)5-7)14-10(6-15)11-12-13-14/h3-5,15H,6H2,1-2H3. The first-order chi connectivity index (χ1) is 7.22. The van der Waals surface area contributed by atoms with E-state index in [4.69, 9.17) is 5.11 Å². The van der Waals surface area contributed by atoms with E-state index in [9.17, 15) is 0 Å². The fraction of sp³-hybridized carbons (Fsp3) is 0.300. The molecule has 1 aromatic heterocycles. The van der Waals surface area contributed by atoms with Gasteiger partial charge < -0.3 is 5.11 Å². The van der Waals surface area contributed by atoms with Gasteiger partial charge in [-0.15, -0.1) is 5.10 Å². The summed E-state index contributed by atoms with van der Waals surface area (Å²) in [6, 6.07) is 5.99. The summed E-state index contributed by atoms with van der Waals surface area (Å²) >= 11 is 0. The Labute approximate surface area is 87.4 Å². The Balaban J connectivity index is 2.54. The van der Waals surface area contributed by atoms with Crippen molar-refractivity contribution < 1.29 is 5.11 Å². The average molecular weight is 204 g/mol. The van der Waals surface area contributed by atoms with Gasteiger partial charge in [0, 0.05) is 0 Å². The zero-order valence-electron chi connectivity index (χ0n) is 8.68. The minimum Gasteiger partial charge on any atom is -0.388 e. The molecule has 1 heterocycles. The maximum Gasteiger partial charge on any atom is 0.182 e. The van der Waals surface area contributed by atoms with Crippen LogP contribution in [0.2, 0.25) is 0 Å². The highest BCUT2D eigenvalue weighted by atomic mass is 16.3. The van der Waals surface area contributed by atoms with Crippen molar-refractivity contribution in [3.63, 3.8) is 0 Å². The highest BCUT2D eigenvalue weighted by Gasteiger charge is 2.08. The van der Waals surface area contributed by atoms with Gasteiger partial charge in [0.05, 0.1) is 5.69 Å². The van der Waals surface area contributed by atoms with Gasteiger partial charge in [0.2, 0.25) is 0 Å². The van der Waals surface area contributed by atoms with Crippen LogP contribution in [0.1, 0.15) is 17.0 Å². The SMILES string of the molecule is Cc1ccc(-n2nnnc2CO)c(C)c1. The molecule has 0 aliphatic carbocycles. The molecule has 0 fully saturated rings. The largest absolute Gasteiger partial charge is 0.388 e. The Hall–Kier alpha value is -1.75. The summed E-state index contributed by atoms with van der Waals surface area (Å²) in [6.07, 6.45) is 0. The van der Waals surface area contributed by atoms with Crippen LogP contribution in [-0.2, 0) is 6.61 Å². The summed E-state index contributed by atoms with van der Waals surface area (Å²) in [6.45, 7) is 3.86. The van der Waals surface area contributed by atoms with E-state index in [2.05, 4.69) is 21.6 Å². The Morgan fingerprint density at radius 1 is 1.33 bits per heavy atom. The van der Waals surface area contributed by atoms with Gasteiger partial charge in [-0.2, -0.15) is 4.68 Å². The minimum absolute atomic E-state index is 0.166. The fourth-order valence-corrected chi connectivity index (χ4v) is 1.53. The summed E-state index contributed by atoms with van der Waals surface area (Å²) < 4.78 is 1.55. The van der Waals surface area contributed by atoms with E-state index in [-0.39, 0.29) is 6.61 Å². The van der Waals surface area contributed by atoms with Crippen molar-refractivity contribution in [2.45, 2.75) is 20.5 Å². The van der Waals surface area contributed by atoms with Gasteiger partial charge in [0.1, 0.15) is 6.61 Å². The van der Waals surface area contributed by atoms with Crippen LogP contribution in [0.4, 0.5) is 0 Å². The summed E-state index contributed by atoms with van der Waals surface area (Å²) in [7, 11) is 0. The van der Waals surface area contributed by atoms with Crippen LogP contribution in [-0.4, -0.2) is 25.3 Å². The lowest BCUT2D eigenvalue weighted by atomic mass is 10.1. The molecular formula is C10H12N4O. The van der Waals surface area contributed by atoms with Crippen LogP contribution in [0.25, 0.3) is 5.69 Å². The highest BCUT2D eigenvalue weighted by molar-refractivity contribution is 5.42. The number of tetrazole rings is 1. The highest BCUT2D eigenvalue weighted by Crippen LogP contribution is 2.15. The maximum atomic E-state index is 9.05. The van der Waals surface area contributed by atoms with Gasteiger partial charge >= 0.3 is 0 Å². The second-order valence-corrected chi connectivity index (χ2v) is 3.45. The molecule has 0 aliphatic rings. The topological polar surface area (TPSA) is 63.8 Å². The number of rotatable bonds is 2. The molecule has 0 spiro atoms. The van der Waals surface area contributed by atoms with Gasteiger partial charge in [-0.3, -0.25) is 0 Å². The van der Waals surface area contributed by atoms with Crippen LogP contribution in [0, 0.1) is 13.8 Å². The number of hydrogen-bond donors (Lipinski definition) is 1. The Bertz CT molecular complexity index is 478. The van der Waals surface area contributed by atoms with Crippen molar-refractivity contribution in [1.82, 2.24) is 20.2 Å². The number of hydrogen-bond acceptors (Lipinski definition) is 4. The molecule has 0 aliphatic heterocycles. The molecule has 0 radical (unpaired) electrons. The Morgan fingerprint density at radius 3 is 2.80 bits per heavy atom. The predicted molar refractivity (Wildman–Crippen MR) is 54.6 cm³/mol. The second-order valence-electron chi connectivity index (χ2n) is 3.45. The van der Waals surface area contributed by atoms with Crippen LogP contribution >= 0.6 is 0 Å². The molecule has 0 bridgehead atoms. The molecule has 2 aromatic rings. The zero-order chi connectivity index (χ0) is 10.8. The maximum absolute atomic E-state index is 9.05. The summed E-state index contributed by atoms with van der Waals surface area (Å²) in [5.74, 6) is 0.446. The molecule has 78 valence electrons. The Kier molecular flexibility index (Phi) is 2.47. The van der Waals surface area contributed by atoms with Crippen LogP contribution in [0.5, 0.6) is 0 Å². The van der Waals surface area contributed by atoms with Crippen LogP contribution in [0.15, 0.2) is 18.2 Å². The van der Waals surface area contributed by atoms with Gasteiger partial charge in [-0.25, -0.2) is 0 Å². The molecule has 0 unspecified atom stereocenters. The molecule has 0 saturated heterocycles. The molecular weight excluding hydrogens is 192 g/mol. The lowest BCUT2D eigenvalue weighted by Crippen LogP contribution is -2.04. The normalized spacial score (nSPS) is 10.6. The zero-order valence-corrected chi connectivity index (χ0v) is 8.68. The number of aryl methyl sites for hydroxylation is 2. The number of aliphatic hydroxyl groups excluding tert-OH is 1. The minimum atomic E-state index is -0.166. The van der Waals surface area contributed by atoms with Crippen LogP contribution < -0.4 is 0 Å². The van der Waals surface area contributed by atoms with Crippen LogP contribution in [0.3, 0.4) is 0 Å². The van der Waals surface area contributed by atoms with E-state index < -0.39 is 0 Å². The molecule has 15 heavy (non-hydrogen) atoms. The van der Waals surface area contributed by atoms with Gasteiger partial charge in [-0.1, -0.05) is 17.7 Å². The third-order valence-electron chi connectivity index (χ3n) is 2.26. The number of nitrogens with zero attached hydrogens (tertiary/aromatic N) is 4. The molecule has 0 atom stereocenters. The van der Waals surface area contributed by atoms with Gasteiger partial charge in [0.25, 0.3) is 0 Å². The molecule has 2 rings (SSSR count). The van der Waals surface area contributed by atoms with E-state index in [1.807, 2.05) is 26.0 Å². The molecule has 0 saturated carbocycles. The van der Waals surface area contributed by atoms with E-state index in [0.717, 1.165) is 11.3 Å². The molecule has 1 N–H and O–H groups in total. The number of aliphatic hydroxyl groups is 1. The summed E-state index contributed by atoms with van der Waals surface area (Å²) in [5, 5.41) is 20.2. The summed E-state index contributed by atoms with van der Waals surface area (Å²) in [5.41, 5.74) is 3.17. The van der Waals surface area contributed by atoms with Crippen molar-refractivity contribution in [2.75, 3.05) is 0 Å². The molecule has 5 nitrogen and oxygen atoms in total. The van der Waals surface area contributed by atoms with Crippen molar-refractivity contribution in [1.29, 1.82) is 0 Å². The Morgan fingerprint density at radius 2 is 2.13 bits per heavy atom. The van der Waals surface area contributed by atoms with E-state index >= 15 is 0 Å². The first-order valence-corrected chi connectivity index (χ1v) is 4.68. The van der Waals surface area contributed by atoms with E-state index in [0.29, 0.717) is 5.82 Å². The lowest BCUT2D eigenvalue weighted by Gasteiger charge is -2.07. The predicted octanol–water partition coefficient (Wildman–Crippen LogP) is 0.771. The van der Waals surface area contributed by atoms with Crippen molar-refractivity contribution in [2.24, 2.45) is 0 Å². The van der Waals surface area contributed by atoms with Gasteiger partial charge in [0.15, 0.2) is 5.82 Å². The number of benzene rings is 1. The number of aromatic nitrogens is 4. The van der Waals surface area contributed by atoms with E-state index in [1.54, 1.807) is 4.68 Å². The quantitative estimate of drug-likeness (QED) is 0.784. The van der Waals surface area contributed by atoms with Crippen molar-refractivity contribution >= 4 is 0 Å². The second kappa shape index (κ2) is 3.78. The smallest absolute Gasteiger partial charge is 0.182 e. The third-order valence-corrected chi connectivity index (χ3v) is 2.26. The molecule has 0 amide bonds. The summed E-state index contributed by atoms with van der Waals surface area (Å²) in [4.78, 5) is 0. The first kappa shape index (κ1) is 9.79. The van der Waals surface area contributed by atoms with E-state index in [1.165, 1.54) is 5.56 Å². The molecule has 1 aromatic carbocycles. The van der Waals surface area contributed by atoms with Crippen molar-refractivity contribution in [3.05, 3.63) is 35.2 Å².